The third kappa shape index (κ3) is 4.33. The van der Waals surface area contributed by atoms with Crippen LogP contribution in [0.5, 0.6) is 5.75 Å². The van der Waals surface area contributed by atoms with E-state index in [0.717, 1.165) is 17.3 Å². The average molecular weight is 228 g/mol. The van der Waals surface area contributed by atoms with Gasteiger partial charge in [-0.3, -0.25) is 10.1 Å². The summed E-state index contributed by atoms with van der Waals surface area (Å²) in [6.45, 7) is 0.209. The fourth-order valence-electron chi connectivity index (χ4n) is 0.958. The Morgan fingerprint density at radius 1 is 1.40 bits per heavy atom. The van der Waals surface area contributed by atoms with Crippen molar-refractivity contribution < 1.29 is 19.7 Å². The van der Waals surface area contributed by atoms with E-state index in [1.807, 2.05) is 0 Å². The number of hydrogen-bond donors (Lipinski definition) is 1. The van der Waals surface area contributed by atoms with Crippen molar-refractivity contribution in [3.63, 3.8) is 0 Å². The van der Waals surface area contributed by atoms with E-state index < -0.39 is 0 Å². The summed E-state index contributed by atoms with van der Waals surface area (Å²) in [7, 11) is 0. The van der Waals surface area contributed by atoms with Crippen LogP contribution in [0.3, 0.4) is 0 Å². The number of ether oxygens (including phenoxy) is 1. The molecule has 0 aromatic heterocycles. The second-order valence-electron chi connectivity index (χ2n) is 2.78. The van der Waals surface area contributed by atoms with Gasteiger partial charge >= 0.3 is 0 Å². The molecule has 0 saturated carbocycles. The van der Waals surface area contributed by atoms with E-state index in [2.05, 4.69) is 4.89 Å². The summed E-state index contributed by atoms with van der Waals surface area (Å²) < 4.78 is 5.22. The molecule has 0 aliphatic rings. The average Bonchev–Trinajstić information content (AvgIpc) is 2.28. The molecule has 0 fully saturated rings. The Bertz CT molecular complexity index is 310. The first kappa shape index (κ1) is 12.0. The van der Waals surface area contributed by atoms with Crippen LogP contribution in [0, 0.1) is 0 Å². The van der Waals surface area contributed by atoms with Crippen molar-refractivity contribution in [2.75, 3.05) is 12.9 Å². The largest absolute Gasteiger partial charge is 0.485 e. The molecule has 1 rings (SSSR count). The standard InChI is InChI=1S/C10H12O4S/c1-15-10(11)7-13-9-4-2-8(3-5-9)6-14-12/h2-5,12H,6-7H2,1H3. The molecule has 0 radical (unpaired) electrons. The highest BCUT2D eigenvalue weighted by atomic mass is 32.2. The van der Waals surface area contributed by atoms with Gasteiger partial charge in [-0.2, -0.15) is 0 Å². The number of benzene rings is 1. The minimum Gasteiger partial charge on any atom is -0.485 e. The maximum Gasteiger partial charge on any atom is 0.226 e. The van der Waals surface area contributed by atoms with Crippen LogP contribution in [0.2, 0.25) is 0 Å². The lowest BCUT2D eigenvalue weighted by atomic mass is 10.2. The van der Waals surface area contributed by atoms with E-state index >= 15 is 0 Å². The lowest BCUT2D eigenvalue weighted by molar-refractivity contribution is -0.253. The zero-order chi connectivity index (χ0) is 11.1. The van der Waals surface area contributed by atoms with Crippen LogP contribution in [-0.2, 0) is 16.3 Å². The normalized spacial score (nSPS) is 10.0. The molecule has 1 N–H and O–H groups in total. The zero-order valence-corrected chi connectivity index (χ0v) is 9.12. The third-order valence-electron chi connectivity index (χ3n) is 1.74. The SMILES string of the molecule is CSC(=O)COc1ccc(COO)cc1. The topological polar surface area (TPSA) is 55.8 Å². The monoisotopic (exact) mass is 228 g/mol. The van der Waals surface area contributed by atoms with Crippen LogP contribution in [0.15, 0.2) is 24.3 Å². The van der Waals surface area contributed by atoms with Crippen LogP contribution in [-0.4, -0.2) is 23.2 Å². The second kappa shape index (κ2) is 6.44. The maximum absolute atomic E-state index is 10.9. The number of carbonyl (C=O) groups is 1. The van der Waals surface area contributed by atoms with Crippen LogP contribution >= 0.6 is 11.8 Å². The number of carbonyl (C=O) groups excluding carboxylic acids is 1. The van der Waals surface area contributed by atoms with Crippen molar-refractivity contribution in [1.82, 2.24) is 0 Å². The fourth-order valence-corrected chi connectivity index (χ4v) is 1.13. The van der Waals surface area contributed by atoms with Crippen molar-refractivity contribution in [3.8, 4) is 5.75 Å². The van der Waals surface area contributed by atoms with Gasteiger partial charge in [-0.05, 0) is 24.0 Å². The zero-order valence-electron chi connectivity index (χ0n) is 8.30. The summed E-state index contributed by atoms with van der Waals surface area (Å²) >= 11 is 1.14. The Morgan fingerprint density at radius 3 is 2.60 bits per heavy atom. The first-order chi connectivity index (χ1) is 7.26. The Labute approximate surface area is 92.1 Å². The molecule has 1 aromatic carbocycles. The second-order valence-corrected chi connectivity index (χ2v) is 3.65. The minimum absolute atomic E-state index is 0.0160. The van der Waals surface area contributed by atoms with E-state index in [1.165, 1.54) is 0 Å². The van der Waals surface area contributed by atoms with Crippen molar-refractivity contribution >= 4 is 16.9 Å². The summed E-state index contributed by atoms with van der Waals surface area (Å²) in [5.41, 5.74) is 0.834. The summed E-state index contributed by atoms with van der Waals surface area (Å²) in [5, 5.41) is 8.20. The Balaban J connectivity index is 2.45. The van der Waals surface area contributed by atoms with E-state index in [4.69, 9.17) is 9.99 Å². The van der Waals surface area contributed by atoms with Gasteiger partial charge in [0.25, 0.3) is 0 Å². The fraction of sp³-hybridized carbons (Fsp3) is 0.300. The molecule has 0 amide bonds. The van der Waals surface area contributed by atoms with Gasteiger partial charge in [0, 0.05) is 0 Å². The Kier molecular flexibility index (Phi) is 5.17. The van der Waals surface area contributed by atoms with Crippen molar-refractivity contribution in [3.05, 3.63) is 29.8 Å². The van der Waals surface area contributed by atoms with Gasteiger partial charge < -0.3 is 4.74 Å². The van der Waals surface area contributed by atoms with Gasteiger partial charge in [0.1, 0.15) is 12.4 Å². The molecular formula is C10H12O4S. The molecule has 0 heterocycles. The quantitative estimate of drug-likeness (QED) is 0.616. The highest BCUT2D eigenvalue weighted by Gasteiger charge is 2.00. The lowest BCUT2D eigenvalue weighted by Crippen LogP contribution is -2.06. The first-order valence-electron chi connectivity index (χ1n) is 4.31. The molecule has 0 saturated heterocycles. The van der Waals surface area contributed by atoms with Gasteiger partial charge in [0.15, 0.2) is 6.61 Å². The molecule has 15 heavy (non-hydrogen) atoms. The smallest absolute Gasteiger partial charge is 0.226 e. The van der Waals surface area contributed by atoms with Crippen LogP contribution in [0.1, 0.15) is 5.56 Å². The highest BCUT2D eigenvalue weighted by Crippen LogP contribution is 2.13. The first-order valence-corrected chi connectivity index (χ1v) is 5.53. The molecule has 1 aromatic rings. The number of hydrogen-bond acceptors (Lipinski definition) is 5. The van der Waals surface area contributed by atoms with Crippen LogP contribution < -0.4 is 4.74 Å². The number of thioether (sulfide) groups is 1. The van der Waals surface area contributed by atoms with Crippen molar-refractivity contribution in [1.29, 1.82) is 0 Å². The van der Waals surface area contributed by atoms with E-state index in [-0.39, 0.29) is 18.3 Å². The van der Waals surface area contributed by atoms with E-state index in [0.29, 0.717) is 5.75 Å². The predicted octanol–water partition coefficient (Wildman–Crippen LogP) is 1.94. The highest BCUT2D eigenvalue weighted by molar-refractivity contribution is 8.13. The molecule has 0 atom stereocenters. The third-order valence-corrected chi connectivity index (χ3v) is 2.31. The predicted molar refractivity (Wildman–Crippen MR) is 57.9 cm³/mol. The molecular weight excluding hydrogens is 216 g/mol. The molecule has 0 unspecified atom stereocenters. The van der Waals surface area contributed by atoms with Gasteiger partial charge in [-0.15, -0.1) is 0 Å². The minimum atomic E-state index is -0.0160. The molecule has 0 aliphatic carbocycles. The van der Waals surface area contributed by atoms with Crippen LogP contribution in [0.4, 0.5) is 0 Å². The summed E-state index contributed by atoms with van der Waals surface area (Å²) in [5.74, 6) is 0.624. The maximum atomic E-state index is 10.9. The molecule has 0 spiro atoms. The van der Waals surface area contributed by atoms with E-state index in [9.17, 15) is 4.79 Å². The molecule has 0 aliphatic heterocycles. The summed E-state index contributed by atoms with van der Waals surface area (Å²) in [6.07, 6.45) is 1.72. The van der Waals surface area contributed by atoms with Crippen molar-refractivity contribution in [2.24, 2.45) is 0 Å². The summed E-state index contributed by atoms with van der Waals surface area (Å²) in [4.78, 5) is 14.9. The molecule has 4 nitrogen and oxygen atoms in total. The van der Waals surface area contributed by atoms with Gasteiger partial charge in [-0.25, -0.2) is 4.89 Å². The van der Waals surface area contributed by atoms with Gasteiger partial charge in [-0.1, -0.05) is 23.9 Å². The molecule has 82 valence electrons. The molecule has 0 bridgehead atoms. The van der Waals surface area contributed by atoms with Gasteiger partial charge in [0.2, 0.25) is 5.12 Å². The van der Waals surface area contributed by atoms with Crippen molar-refractivity contribution in [2.45, 2.75) is 6.61 Å². The molecule has 5 heteroatoms. The Morgan fingerprint density at radius 2 is 2.07 bits per heavy atom. The Hall–Kier alpha value is -1.04. The summed E-state index contributed by atoms with van der Waals surface area (Å²) in [6, 6.07) is 6.97. The number of rotatable bonds is 5. The van der Waals surface area contributed by atoms with Crippen LogP contribution in [0.25, 0.3) is 0 Å². The lowest BCUT2D eigenvalue weighted by Gasteiger charge is -2.04. The van der Waals surface area contributed by atoms with Gasteiger partial charge in [0.05, 0.1) is 0 Å². The van der Waals surface area contributed by atoms with E-state index in [1.54, 1.807) is 30.5 Å².